The molecule has 0 atom stereocenters. The highest BCUT2D eigenvalue weighted by Gasteiger charge is 2.17. The lowest BCUT2D eigenvalue weighted by Gasteiger charge is -2.01. The van der Waals surface area contributed by atoms with Crippen molar-refractivity contribution in [3.05, 3.63) is 12.2 Å². The highest BCUT2D eigenvalue weighted by atomic mass is 32.2. The molecule has 1 fully saturated rings. The second-order valence-corrected chi connectivity index (χ2v) is 4.97. The van der Waals surface area contributed by atoms with Crippen LogP contribution < -0.4 is 5.32 Å². The Morgan fingerprint density at radius 3 is 2.75 bits per heavy atom. The molecule has 0 unspecified atom stereocenters. The summed E-state index contributed by atoms with van der Waals surface area (Å²) in [5.74, 6) is 1.16. The molecule has 0 spiro atoms. The maximum absolute atomic E-state index is 11.2. The largest absolute Gasteiger partial charge is 0.481 e. The summed E-state index contributed by atoms with van der Waals surface area (Å²) >= 11 is 1.54. The number of carbonyl (C=O) groups is 2. The van der Waals surface area contributed by atoms with Crippen LogP contribution in [0.1, 0.15) is 19.3 Å². The first kappa shape index (κ1) is 13.1. The van der Waals surface area contributed by atoms with Gasteiger partial charge in [0.1, 0.15) is 0 Å². The molecule has 0 radical (unpaired) electrons. The van der Waals surface area contributed by atoms with Crippen molar-refractivity contribution in [1.29, 1.82) is 0 Å². The summed E-state index contributed by atoms with van der Waals surface area (Å²) in [6.07, 6.45) is 6.14. The molecule has 0 aromatic heterocycles. The van der Waals surface area contributed by atoms with E-state index in [1.807, 2.05) is 6.08 Å². The van der Waals surface area contributed by atoms with E-state index in [9.17, 15) is 9.59 Å². The summed E-state index contributed by atoms with van der Waals surface area (Å²) in [5, 5.41) is 11.2. The van der Waals surface area contributed by atoms with Gasteiger partial charge in [-0.15, -0.1) is 0 Å². The third kappa shape index (κ3) is 7.34. The van der Waals surface area contributed by atoms with Crippen LogP contribution in [0.15, 0.2) is 12.2 Å². The van der Waals surface area contributed by atoms with Gasteiger partial charge in [-0.3, -0.25) is 9.59 Å². The molecule has 1 aliphatic carbocycles. The number of carboxylic acid groups (broad SMARTS) is 1. The molecule has 16 heavy (non-hydrogen) atoms. The molecule has 1 aliphatic rings. The molecule has 4 nitrogen and oxygen atoms in total. The second kappa shape index (κ2) is 7.33. The van der Waals surface area contributed by atoms with E-state index in [-0.39, 0.29) is 12.3 Å². The highest BCUT2D eigenvalue weighted by molar-refractivity contribution is 7.99. The van der Waals surface area contributed by atoms with E-state index in [0.717, 1.165) is 5.75 Å². The van der Waals surface area contributed by atoms with Gasteiger partial charge in [-0.2, -0.15) is 11.8 Å². The summed E-state index contributed by atoms with van der Waals surface area (Å²) in [6.45, 7) is 0.595. The zero-order chi connectivity index (χ0) is 11.8. The Hall–Kier alpha value is -0.970. The van der Waals surface area contributed by atoms with Crippen molar-refractivity contribution in [3.63, 3.8) is 0 Å². The number of allylic oxidation sites excluding steroid dienone is 1. The number of nitrogens with one attached hydrogen (secondary N) is 1. The van der Waals surface area contributed by atoms with Gasteiger partial charge in [0.25, 0.3) is 0 Å². The average molecular weight is 243 g/mol. The number of carboxylic acids is 1. The van der Waals surface area contributed by atoms with Crippen molar-refractivity contribution < 1.29 is 14.7 Å². The Balaban J connectivity index is 1.89. The van der Waals surface area contributed by atoms with Gasteiger partial charge in [-0.25, -0.2) is 0 Å². The molecule has 0 aromatic carbocycles. The maximum atomic E-state index is 11.2. The molecule has 0 aromatic rings. The number of hydrogen-bond donors (Lipinski definition) is 2. The summed E-state index contributed by atoms with van der Waals surface area (Å²) in [4.78, 5) is 21.4. The quantitative estimate of drug-likeness (QED) is 0.498. The monoisotopic (exact) mass is 243 g/mol. The van der Waals surface area contributed by atoms with Gasteiger partial charge >= 0.3 is 5.97 Å². The number of amides is 1. The van der Waals surface area contributed by atoms with Crippen LogP contribution in [0.5, 0.6) is 0 Å². The van der Waals surface area contributed by atoms with Crippen LogP contribution in [0.3, 0.4) is 0 Å². The van der Waals surface area contributed by atoms with Crippen molar-refractivity contribution in [2.24, 2.45) is 5.92 Å². The van der Waals surface area contributed by atoms with Crippen LogP contribution in [0, 0.1) is 5.92 Å². The smallest absolute Gasteiger partial charge is 0.304 e. The fourth-order valence-corrected chi connectivity index (χ4v) is 1.85. The summed E-state index contributed by atoms with van der Waals surface area (Å²) in [7, 11) is 0. The van der Waals surface area contributed by atoms with E-state index in [0.29, 0.717) is 18.2 Å². The maximum Gasteiger partial charge on any atom is 0.304 e. The van der Waals surface area contributed by atoms with Crippen LogP contribution in [0.2, 0.25) is 0 Å². The molecule has 90 valence electrons. The van der Waals surface area contributed by atoms with Gasteiger partial charge in [0.05, 0.1) is 6.42 Å². The Morgan fingerprint density at radius 2 is 2.12 bits per heavy atom. The fourth-order valence-electron chi connectivity index (χ4n) is 1.08. The Labute approximate surface area is 99.5 Å². The average Bonchev–Trinajstić information content (AvgIpc) is 3.03. The Kier molecular flexibility index (Phi) is 6.00. The predicted molar refractivity (Wildman–Crippen MR) is 64.5 cm³/mol. The lowest BCUT2D eigenvalue weighted by Crippen LogP contribution is -2.23. The van der Waals surface area contributed by atoms with Crippen LogP contribution in [0.25, 0.3) is 0 Å². The van der Waals surface area contributed by atoms with Crippen molar-refractivity contribution in [2.45, 2.75) is 19.3 Å². The van der Waals surface area contributed by atoms with Crippen molar-refractivity contribution in [1.82, 2.24) is 5.32 Å². The second-order valence-electron chi connectivity index (χ2n) is 3.74. The van der Waals surface area contributed by atoms with E-state index in [1.165, 1.54) is 12.8 Å². The summed E-state index contributed by atoms with van der Waals surface area (Å²) in [5.41, 5.74) is 0. The molecule has 1 amide bonds. The van der Waals surface area contributed by atoms with E-state index in [1.54, 1.807) is 17.8 Å². The third-order valence-corrected chi connectivity index (χ3v) is 3.13. The number of rotatable bonds is 8. The predicted octanol–water partition coefficient (Wildman–Crippen LogP) is 1.28. The van der Waals surface area contributed by atoms with Crippen molar-refractivity contribution in [2.75, 3.05) is 18.1 Å². The first-order valence-corrected chi connectivity index (χ1v) is 6.59. The number of hydrogen-bond acceptors (Lipinski definition) is 3. The van der Waals surface area contributed by atoms with E-state index in [2.05, 4.69) is 5.32 Å². The van der Waals surface area contributed by atoms with E-state index in [4.69, 9.17) is 5.11 Å². The van der Waals surface area contributed by atoms with Crippen molar-refractivity contribution in [3.8, 4) is 0 Å². The zero-order valence-corrected chi connectivity index (χ0v) is 9.96. The third-order valence-electron chi connectivity index (χ3n) is 2.15. The van der Waals surface area contributed by atoms with E-state index < -0.39 is 5.97 Å². The molecule has 2 N–H and O–H groups in total. The molecular weight excluding hydrogens is 226 g/mol. The molecule has 0 saturated heterocycles. The minimum Gasteiger partial charge on any atom is -0.481 e. The highest BCUT2D eigenvalue weighted by Crippen LogP contribution is 2.29. The standard InChI is InChI=1S/C11H17NO3S/c13-10(4-3-9-1-2-9)12-6-8-16-7-5-11(14)15/h3-4,9H,1-2,5-8H2,(H,12,13)(H,14,15)/b4-3+. The SMILES string of the molecule is O=C(O)CCSCCNC(=O)/C=C/C1CC1. The molecule has 1 saturated carbocycles. The van der Waals surface area contributed by atoms with Gasteiger partial charge in [0.15, 0.2) is 0 Å². The molecular formula is C11H17NO3S. The van der Waals surface area contributed by atoms with Crippen LogP contribution in [0.4, 0.5) is 0 Å². The van der Waals surface area contributed by atoms with Crippen LogP contribution in [-0.2, 0) is 9.59 Å². The first-order valence-electron chi connectivity index (χ1n) is 5.44. The van der Waals surface area contributed by atoms with E-state index >= 15 is 0 Å². The minimum absolute atomic E-state index is 0.0502. The lowest BCUT2D eigenvalue weighted by molar-refractivity contribution is -0.136. The fraction of sp³-hybridized carbons (Fsp3) is 0.636. The van der Waals surface area contributed by atoms with Gasteiger partial charge in [0, 0.05) is 18.1 Å². The molecule has 0 aliphatic heterocycles. The minimum atomic E-state index is -0.774. The first-order chi connectivity index (χ1) is 7.68. The number of carbonyl (C=O) groups excluding carboxylic acids is 1. The number of aliphatic carboxylic acids is 1. The molecule has 0 bridgehead atoms. The molecule has 0 heterocycles. The van der Waals surface area contributed by atoms with Gasteiger partial charge < -0.3 is 10.4 Å². The topological polar surface area (TPSA) is 66.4 Å². The summed E-state index contributed by atoms with van der Waals surface area (Å²) in [6, 6.07) is 0. The number of thioether (sulfide) groups is 1. The zero-order valence-electron chi connectivity index (χ0n) is 9.15. The Morgan fingerprint density at radius 1 is 1.38 bits per heavy atom. The van der Waals surface area contributed by atoms with Gasteiger partial charge in [0.2, 0.25) is 5.91 Å². The molecule has 5 heteroatoms. The Bertz CT molecular complexity index is 274. The normalized spacial score (nSPS) is 15.2. The van der Waals surface area contributed by atoms with Gasteiger partial charge in [-0.05, 0) is 24.8 Å². The lowest BCUT2D eigenvalue weighted by atomic mass is 10.3. The molecule has 1 rings (SSSR count). The van der Waals surface area contributed by atoms with Crippen LogP contribution >= 0.6 is 11.8 Å². The van der Waals surface area contributed by atoms with Crippen LogP contribution in [-0.4, -0.2) is 35.0 Å². The van der Waals surface area contributed by atoms with Crippen molar-refractivity contribution >= 4 is 23.6 Å². The summed E-state index contributed by atoms with van der Waals surface area (Å²) < 4.78 is 0. The van der Waals surface area contributed by atoms with Gasteiger partial charge in [-0.1, -0.05) is 6.08 Å².